The zero-order valence-corrected chi connectivity index (χ0v) is 18.3. The molecule has 1 fully saturated rings. The Labute approximate surface area is 180 Å². The first-order valence-electron chi connectivity index (χ1n) is 10.8. The van der Waals surface area contributed by atoms with Crippen molar-refractivity contribution in [2.75, 3.05) is 13.1 Å². The van der Waals surface area contributed by atoms with E-state index in [9.17, 15) is 9.90 Å². The van der Waals surface area contributed by atoms with E-state index in [2.05, 4.69) is 34.5 Å². The molecule has 162 valence electrons. The van der Waals surface area contributed by atoms with Crippen molar-refractivity contribution in [3.63, 3.8) is 0 Å². The third-order valence-electron chi connectivity index (χ3n) is 5.43. The normalized spacial score (nSPS) is 19.3. The Morgan fingerprint density at radius 2 is 1.77 bits per heavy atom. The summed E-state index contributed by atoms with van der Waals surface area (Å²) in [7, 11) is 0. The Balaban J connectivity index is 1.70. The van der Waals surface area contributed by atoms with Crippen molar-refractivity contribution < 1.29 is 14.6 Å². The van der Waals surface area contributed by atoms with Crippen LogP contribution in [0, 0.1) is 0 Å². The minimum atomic E-state index is -0.706. The maximum Gasteiger partial charge on any atom is 0.407 e. The summed E-state index contributed by atoms with van der Waals surface area (Å²) in [6, 6.07) is 20.2. The predicted octanol–water partition coefficient (Wildman–Crippen LogP) is 4.32. The lowest BCUT2D eigenvalue weighted by Crippen LogP contribution is -2.50. The molecule has 1 aliphatic rings. The molecule has 1 saturated heterocycles. The highest BCUT2D eigenvalue weighted by Crippen LogP contribution is 2.32. The number of benzene rings is 2. The second kappa shape index (κ2) is 10.1. The summed E-state index contributed by atoms with van der Waals surface area (Å²) < 4.78 is 5.44. The molecule has 3 atom stereocenters. The molecule has 0 saturated carbocycles. The fourth-order valence-corrected chi connectivity index (χ4v) is 4.08. The van der Waals surface area contributed by atoms with Gasteiger partial charge in [-0.05, 0) is 57.7 Å². The van der Waals surface area contributed by atoms with Gasteiger partial charge in [0.05, 0.1) is 12.1 Å². The molecule has 2 N–H and O–H groups in total. The third-order valence-corrected chi connectivity index (χ3v) is 5.43. The molecule has 5 heteroatoms. The van der Waals surface area contributed by atoms with E-state index in [1.54, 1.807) is 0 Å². The number of nitrogens with zero attached hydrogens (tertiary/aromatic N) is 1. The number of alkyl carbamates (subject to hydrolysis) is 1. The van der Waals surface area contributed by atoms with E-state index in [4.69, 9.17) is 4.74 Å². The number of hydrogen-bond acceptors (Lipinski definition) is 4. The van der Waals surface area contributed by atoms with Crippen LogP contribution in [0.2, 0.25) is 0 Å². The molecule has 3 rings (SSSR count). The van der Waals surface area contributed by atoms with Crippen LogP contribution in [0.25, 0.3) is 0 Å². The van der Waals surface area contributed by atoms with Crippen LogP contribution < -0.4 is 5.32 Å². The maximum absolute atomic E-state index is 12.4. The number of nitrogens with one attached hydrogen (secondary N) is 1. The minimum absolute atomic E-state index is 0.305. The lowest BCUT2D eigenvalue weighted by molar-refractivity contribution is 0.0354. The first-order valence-corrected chi connectivity index (χ1v) is 10.8. The number of carbonyl (C=O) groups excluding carboxylic acids is 1. The number of aliphatic hydroxyl groups excluding tert-OH is 1. The Bertz CT molecular complexity index is 789. The molecule has 0 spiro atoms. The van der Waals surface area contributed by atoms with E-state index in [0.717, 1.165) is 24.9 Å². The molecule has 0 radical (unpaired) electrons. The fraction of sp³-hybridized carbons (Fsp3) is 0.480. The standard InChI is InChI=1S/C25H34N2O3/c1-25(2,3)30-24(29)26-21(17-19-11-6-4-7-12-19)23(28)18-27-16-10-15-22(27)20-13-8-5-9-14-20/h4-9,11-14,21-23,28H,10,15-18H2,1-3H3,(H,26,29)/t21-,22?,23-/m1/s1. The molecule has 1 amide bonds. The van der Waals surface area contributed by atoms with Crippen molar-refractivity contribution in [3.8, 4) is 0 Å². The highest BCUT2D eigenvalue weighted by atomic mass is 16.6. The Morgan fingerprint density at radius 1 is 1.13 bits per heavy atom. The smallest absolute Gasteiger partial charge is 0.407 e. The van der Waals surface area contributed by atoms with Crippen LogP contribution in [0.15, 0.2) is 60.7 Å². The zero-order valence-electron chi connectivity index (χ0n) is 18.3. The van der Waals surface area contributed by atoms with E-state index < -0.39 is 23.8 Å². The summed E-state index contributed by atoms with van der Waals surface area (Å²) in [6.45, 7) is 6.96. The average Bonchev–Trinajstić information content (AvgIpc) is 3.15. The Kier molecular flexibility index (Phi) is 7.51. The molecule has 30 heavy (non-hydrogen) atoms. The van der Waals surface area contributed by atoms with Gasteiger partial charge in [-0.2, -0.15) is 0 Å². The summed E-state index contributed by atoms with van der Waals surface area (Å²) in [5, 5.41) is 14.0. The maximum atomic E-state index is 12.4. The number of ether oxygens (including phenoxy) is 1. The van der Waals surface area contributed by atoms with Crippen LogP contribution in [-0.2, 0) is 11.2 Å². The van der Waals surface area contributed by atoms with Crippen molar-refractivity contribution in [1.29, 1.82) is 0 Å². The van der Waals surface area contributed by atoms with Crippen LogP contribution in [0.1, 0.15) is 50.8 Å². The summed E-state index contributed by atoms with van der Waals surface area (Å²) >= 11 is 0. The topological polar surface area (TPSA) is 61.8 Å². The number of amides is 1. The molecular weight excluding hydrogens is 376 g/mol. The number of carbonyl (C=O) groups is 1. The lowest BCUT2D eigenvalue weighted by Gasteiger charge is -2.32. The molecule has 5 nitrogen and oxygen atoms in total. The van der Waals surface area contributed by atoms with Crippen LogP contribution in [-0.4, -0.2) is 46.9 Å². The van der Waals surface area contributed by atoms with Gasteiger partial charge < -0.3 is 15.2 Å². The van der Waals surface area contributed by atoms with Gasteiger partial charge in [0.25, 0.3) is 0 Å². The van der Waals surface area contributed by atoms with Crippen LogP contribution in [0.5, 0.6) is 0 Å². The van der Waals surface area contributed by atoms with E-state index in [0.29, 0.717) is 19.0 Å². The van der Waals surface area contributed by atoms with E-state index in [1.807, 2.05) is 57.2 Å². The summed E-state index contributed by atoms with van der Waals surface area (Å²) in [4.78, 5) is 14.8. The van der Waals surface area contributed by atoms with Crippen LogP contribution >= 0.6 is 0 Å². The van der Waals surface area contributed by atoms with Gasteiger partial charge in [0, 0.05) is 12.6 Å². The SMILES string of the molecule is CC(C)(C)OC(=O)N[C@H](Cc1ccccc1)[C@H](O)CN1CCCC1c1ccccc1. The van der Waals surface area contributed by atoms with Crippen molar-refractivity contribution in [2.24, 2.45) is 0 Å². The minimum Gasteiger partial charge on any atom is -0.444 e. The first-order chi connectivity index (χ1) is 14.3. The highest BCUT2D eigenvalue weighted by molar-refractivity contribution is 5.68. The average molecular weight is 411 g/mol. The number of β-amino-alcohol motifs (C(OH)–C–C–N with tert-alkyl or cyclic N) is 1. The van der Waals surface area contributed by atoms with Gasteiger partial charge >= 0.3 is 6.09 Å². The number of rotatable bonds is 7. The zero-order chi connectivity index (χ0) is 21.6. The fourth-order valence-electron chi connectivity index (χ4n) is 4.08. The van der Waals surface area contributed by atoms with Crippen LogP contribution in [0.3, 0.4) is 0 Å². The van der Waals surface area contributed by atoms with Gasteiger partial charge in [0.1, 0.15) is 5.60 Å². The number of likely N-dealkylation sites (tertiary alicyclic amines) is 1. The van der Waals surface area contributed by atoms with Crippen molar-refractivity contribution >= 4 is 6.09 Å². The van der Waals surface area contributed by atoms with Crippen molar-refractivity contribution in [2.45, 2.75) is 63.8 Å². The molecule has 2 aromatic carbocycles. The monoisotopic (exact) mass is 410 g/mol. The largest absolute Gasteiger partial charge is 0.444 e. The van der Waals surface area contributed by atoms with Crippen molar-refractivity contribution in [1.82, 2.24) is 10.2 Å². The van der Waals surface area contributed by atoms with Gasteiger partial charge in [-0.15, -0.1) is 0 Å². The van der Waals surface area contributed by atoms with E-state index >= 15 is 0 Å². The molecule has 2 aromatic rings. The Morgan fingerprint density at radius 3 is 2.40 bits per heavy atom. The molecule has 0 aliphatic carbocycles. The summed E-state index contributed by atoms with van der Waals surface area (Å²) in [5.74, 6) is 0. The molecule has 1 heterocycles. The second-order valence-electron chi connectivity index (χ2n) is 9.07. The number of hydrogen-bond donors (Lipinski definition) is 2. The van der Waals surface area contributed by atoms with Gasteiger partial charge in [0.2, 0.25) is 0 Å². The molecule has 1 aliphatic heterocycles. The summed E-state index contributed by atoms with van der Waals surface area (Å²) in [6.07, 6.45) is 1.53. The van der Waals surface area contributed by atoms with Gasteiger partial charge in [-0.3, -0.25) is 4.90 Å². The summed E-state index contributed by atoms with van der Waals surface area (Å²) in [5.41, 5.74) is 1.76. The van der Waals surface area contributed by atoms with E-state index in [-0.39, 0.29) is 0 Å². The Hall–Kier alpha value is -2.37. The van der Waals surface area contributed by atoms with Gasteiger partial charge in [-0.1, -0.05) is 60.7 Å². The second-order valence-corrected chi connectivity index (χ2v) is 9.07. The lowest BCUT2D eigenvalue weighted by atomic mass is 9.99. The molecule has 0 aromatic heterocycles. The molecule has 1 unspecified atom stereocenters. The number of aliphatic hydroxyl groups is 1. The third kappa shape index (κ3) is 6.57. The van der Waals surface area contributed by atoms with Crippen LogP contribution in [0.4, 0.5) is 4.79 Å². The van der Waals surface area contributed by atoms with Gasteiger partial charge in [0.15, 0.2) is 0 Å². The van der Waals surface area contributed by atoms with E-state index in [1.165, 1.54) is 5.56 Å². The first kappa shape index (κ1) is 22.3. The highest BCUT2D eigenvalue weighted by Gasteiger charge is 2.31. The van der Waals surface area contributed by atoms with Crippen molar-refractivity contribution in [3.05, 3.63) is 71.8 Å². The quantitative estimate of drug-likeness (QED) is 0.714. The predicted molar refractivity (Wildman–Crippen MR) is 119 cm³/mol. The molecular formula is C25H34N2O3. The molecule has 0 bridgehead atoms. The van der Waals surface area contributed by atoms with Gasteiger partial charge in [-0.25, -0.2) is 4.79 Å².